The summed E-state index contributed by atoms with van der Waals surface area (Å²) in [7, 11) is 7.78. The maximum absolute atomic E-state index is 5.28. The fourth-order valence-corrected chi connectivity index (χ4v) is 3.42. The largest absolute Gasteiger partial charge is 0.385 e. The SMILES string of the molecule is CN=C(NCc1ccc(C)cc1N(C)C)NCC1(CCOC)CCC1.I. The molecule has 0 radical (unpaired) electrons. The number of benzene rings is 1. The summed E-state index contributed by atoms with van der Waals surface area (Å²) in [6.07, 6.45) is 5.01. The Balaban J connectivity index is 0.00000338. The molecule has 1 aromatic rings. The molecular formula is C20H35IN4O. The van der Waals surface area contributed by atoms with Crippen LogP contribution in [0, 0.1) is 12.3 Å². The number of halogens is 1. The molecule has 1 aromatic carbocycles. The van der Waals surface area contributed by atoms with E-state index in [2.05, 4.69) is 59.7 Å². The van der Waals surface area contributed by atoms with Gasteiger partial charge in [0, 0.05) is 53.6 Å². The van der Waals surface area contributed by atoms with Crippen molar-refractivity contribution in [3.8, 4) is 0 Å². The van der Waals surface area contributed by atoms with Crippen LogP contribution in [0.2, 0.25) is 0 Å². The highest BCUT2D eigenvalue weighted by Gasteiger charge is 2.36. The molecule has 1 aliphatic carbocycles. The van der Waals surface area contributed by atoms with Crippen LogP contribution in [0.4, 0.5) is 5.69 Å². The molecule has 0 aliphatic heterocycles. The summed E-state index contributed by atoms with van der Waals surface area (Å²) in [6, 6.07) is 6.58. The fraction of sp³-hybridized carbons (Fsp3) is 0.650. The van der Waals surface area contributed by atoms with Gasteiger partial charge in [-0.15, -0.1) is 24.0 Å². The minimum Gasteiger partial charge on any atom is -0.385 e. The van der Waals surface area contributed by atoms with E-state index in [4.69, 9.17) is 4.74 Å². The lowest BCUT2D eigenvalue weighted by Gasteiger charge is -2.42. The number of aryl methyl sites for hydroxylation is 1. The Bertz CT molecular complexity index is 585. The van der Waals surface area contributed by atoms with E-state index in [1.807, 2.05) is 7.05 Å². The van der Waals surface area contributed by atoms with Gasteiger partial charge in [-0.25, -0.2) is 0 Å². The second-order valence-electron chi connectivity index (χ2n) is 7.40. The van der Waals surface area contributed by atoms with Crippen molar-refractivity contribution in [2.75, 3.05) is 46.3 Å². The summed E-state index contributed by atoms with van der Waals surface area (Å²) in [5.74, 6) is 0.869. The molecule has 1 fully saturated rings. The van der Waals surface area contributed by atoms with Crippen LogP contribution in [0.3, 0.4) is 0 Å². The average molecular weight is 474 g/mol. The third-order valence-electron chi connectivity index (χ3n) is 5.27. The van der Waals surface area contributed by atoms with Crippen molar-refractivity contribution in [1.29, 1.82) is 0 Å². The van der Waals surface area contributed by atoms with E-state index >= 15 is 0 Å². The number of nitrogens with one attached hydrogen (secondary N) is 2. The Kier molecular flexibility index (Phi) is 9.71. The van der Waals surface area contributed by atoms with Crippen molar-refractivity contribution in [1.82, 2.24) is 10.6 Å². The molecule has 2 N–H and O–H groups in total. The number of methoxy groups -OCH3 is 1. The lowest BCUT2D eigenvalue weighted by atomic mass is 9.67. The zero-order valence-electron chi connectivity index (χ0n) is 16.9. The first-order valence-electron chi connectivity index (χ1n) is 9.20. The Labute approximate surface area is 176 Å². The van der Waals surface area contributed by atoms with Gasteiger partial charge in [0.05, 0.1) is 0 Å². The summed E-state index contributed by atoms with van der Waals surface area (Å²) < 4.78 is 5.28. The Morgan fingerprint density at radius 1 is 1.27 bits per heavy atom. The minimum absolute atomic E-state index is 0. The smallest absolute Gasteiger partial charge is 0.191 e. The van der Waals surface area contributed by atoms with Crippen LogP contribution in [-0.4, -0.2) is 47.4 Å². The molecule has 0 aromatic heterocycles. The van der Waals surface area contributed by atoms with E-state index in [0.717, 1.165) is 32.1 Å². The van der Waals surface area contributed by atoms with Crippen LogP contribution < -0.4 is 15.5 Å². The molecule has 1 saturated carbocycles. The summed E-state index contributed by atoms with van der Waals surface area (Å²) in [5.41, 5.74) is 4.18. The number of guanidine groups is 1. The van der Waals surface area contributed by atoms with E-state index in [1.54, 1.807) is 7.11 Å². The average Bonchev–Trinajstić information content (AvgIpc) is 2.56. The van der Waals surface area contributed by atoms with Crippen LogP contribution in [0.15, 0.2) is 23.2 Å². The molecule has 1 aliphatic rings. The zero-order chi connectivity index (χ0) is 18.3. The van der Waals surface area contributed by atoms with Gasteiger partial charge in [-0.3, -0.25) is 4.99 Å². The molecule has 2 rings (SSSR count). The fourth-order valence-electron chi connectivity index (χ4n) is 3.42. The molecule has 0 saturated heterocycles. The Hall–Kier alpha value is -1.02. The van der Waals surface area contributed by atoms with Gasteiger partial charge in [0.2, 0.25) is 0 Å². The third-order valence-corrected chi connectivity index (χ3v) is 5.27. The number of nitrogens with zero attached hydrogens (tertiary/aromatic N) is 2. The lowest BCUT2D eigenvalue weighted by Crippen LogP contribution is -2.46. The van der Waals surface area contributed by atoms with Gasteiger partial charge in [-0.1, -0.05) is 18.6 Å². The van der Waals surface area contributed by atoms with E-state index in [9.17, 15) is 0 Å². The van der Waals surface area contributed by atoms with Crippen molar-refractivity contribution in [3.05, 3.63) is 29.3 Å². The minimum atomic E-state index is 0. The lowest BCUT2D eigenvalue weighted by molar-refractivity contribution is 0.0732. The van der Waals surface area contributed by atoms with E-state index in [-0.39, 0.29) is 24.0 Å². The van der Waals surface area contributed by atoms with Gasteiger partial charge in [-0.05, 0) is 48.8 Å². The summed E-state index contributed by atoms with van der Waals surface area (Å²) in [6.45, 7) is 4.69. The Morgan fingerprint density at radius 3 is 2.54 bits per heavy atom. The van der Waals surface area contributed by atoms with Crippen molar-refractivity contribution in [2.24, 2.45) is 10.4 Å². The second-order valence-corrected chi connectivity index (χ2v) is 7.40. The van der Waals surface area contributed by atoms with Gasteiger partial charge in [-0.2, -0.15) is 0 Å². The summed E-state index contributed by atoms with van der Waals surface area (Å²) in [5, 5.41) is 6.98. The van der Waals surface area contributed by atoms with Crippen LogP contribution >= 0.6 is 24.0 Å². The van der Waals surface area contributed by atoms with Gasteiger partial charge in [0.15, 0.2) is 5.96 Å². The molecule has 0 bridgehead atoms. The van der Waals surface area contributed by atoms with E-state index in [0.29, 0.717) is 5.41 Å². The molecule has 0 amide bonds. The predicted octanol–water partition coefficient (Wildman–Crippen LogP) is 3.55. The first-order chi connectivity index (χ1) is 12.0. The molecular weight excluding hydrogens is 439 g/mol. The number of anilines is 1. The molecule has 148 valence electrons. The van der Waals surface area contributed by atoms with E-state index in [1.165, 1.54) is 36.1 Å². The zero-order valence-corrected chi connectivity index (χ0v) is 19.2. The van der Waals surface area contributed by atoms with Crippen molar-refractivity contribution in [2.45, 2.75) is 39.2 Å². The van der Waals surface area contributed by atoms with Gasteiger partial charge in [0.1, 0.15) is 0 Å². The summed E-state index contributed by atoms with van der Waals surface area (Å²) in [4.78, 5) is 6.55. The van der Waals surface area contributed by atoms with Gasteiger partial charge >= 0.3 is 0 Å². The van der Waals surface area contributed by atoms with Crippen LogP contribution in [0.1, 0.15) is 36.8 Å². The van der Waals surface area contributed by atoms with Crippen LogP contribution in [0.5, 0.6) is 0 Å². The normalized spacial score (nSPS) is 15.7. The molecule has 6 heteroatoms. The second kappa shape index (κ2) is 11.0. The monoisotopic (exact) mass is 474 g/mol. The quantitative estimate of drug-likeness (QED) is 0.344. The number of ether oxygens (including phenoxy) is 1. The van der Waals surface area contributed by atoms with Gasteiger partial charge in [0.25, 0.3) is 0 Å². The summed E-state index contributed by atoms with van der Waals surface area (Å²) >= 11 is 0. The Morgan fingerprint density at radius 2 is 2.00 bits per heavy atom. The molecule has 0 heterocycles. The highest BCUT2D eigenvalue weighted by atomic mass is 127. The maximum atomic E-state index is 5.28. The standard InChI is InChI=1S/C20H34N4O.HI/c1-16-7-8-17(18(13-16)24(3)4)14-22-19(21-2)23-15-20(9-6-10-20)11-12-25-5;/h7-8,13H,6,9-12,14-15H2,1-5H3,(H2,21,22,23);1H. The molecule has 26 heavy (non-hydrogen) atoms. The van der Waals surface area contributed by atoms with Crippen LogP contribution in [-0.2, 0) is 11.3 Å². The highest BCUT2D eigenvalue weighted by Crippen LogP contribution is 2.43. The van der Waals surface area contributed by atoms with Gasteiger partial charge < -0.3 is 20.3 Å². The first kappa shape index (κ1) is 23.0. The first-order valence-corrected chi connectivity index (χ1v) is 9.20. The molecule has 0 atom stereocenters. The van der Waals surface area contributed by atoms with Crippen molar-refractivity contribution >= 4 is 35.6 Å². The molecule has 5 nitrogen and oxygen atoms in total. The number of hydrogen-bond donors (Lipinski definition) is 2. The topological polar surface area (TPSA) is 48.9 Å². The van der Waals surface area contributed by atoms with E-state index < -0.39 is 0 Å². The molecule has 0 unspecified atom stereocenters. The number of aliphatic imine (C=N–C) groups is 1. The van der Waals surface area contributed by atoms with Crippen LogP contribution in [0.25, 0.3) is 0 Å². The van der Waals surface area contributed by atoms with Crippen molar-refractivity contribution in [3.63, 3.8) is 0 Å². The number of hydrogen-bond acceptors (Lipinski definition) is 3. The maximum Gasteiger partial charge on any atom is 0.191 e. The molecule has 0 spiro atoms. The predicted molar refractivity (Wildman–Crippen MR) is 122 cm³/mol. The van der Waals surface area contributed by atoms with Crippen molar-refractivity contribution < 1.29 is 4.74 Å². The third kappa shape index (κ3) is 6.30. The number of rotatable bonds is 8. The highest BCUT2D eigenvalue weighted by molar-refractivity contribution is 14.0.